The Morgan fingerprint density at radius 3 is 2.65 bits per heavy atom. The Bertz CT molecular complexity index is 506. The lowest BCUT2D eigenvalue weighted by atomic mass is 10.3. The third kappa shape index (κ3) is 3.69. The topological polar surface area (TPSA) is 76.1 Å². The summed E-state index contributed by atoms with van der Waals surface area (Å²) in [7, 11) is -3.47. The standard InChI is InChI=1S/C13H19NO5S/c15-8-11-19-12-2-4-13(5-3-12)20(16,17)14-6-1-9-18-10-7-14/h2-5,15H,1,6-11H2. The second kappa shape index (κ2) is 7.03. The monoisotopic (exact) mass is 301 g/mol. The second-order valence-corrected chi connectivity index (χ2v) is 6.35. The Kier molecular flexibility index (Phi) is 5.36. The number of benzene rings is 1. The molecule has 0 aliphatic carbocycles. The zero-order valence-electron chi connectivity index (χ0n) is 11.2. The van der Waals surface area contributed by atoms with Crippen LogP contribution in [0.3, 0.4) is 0 Å². The largest absolute Gasteiger partial charge is 0.491 e. The van der Waals surface area contributed by atoms with E-state index >= 15 is 0 Å². The highest BCUT2D eigenvalue weighted by Gasteiger charge is 2.25. The first-order valence-corrected chi connectivity index (χ1v) is 8.00. The molecule has 0 radical (unpaired) electrons. The van der Waals surface area contributed by atoms with Crippen molar-refractivity contribution < 1.29 is 23.0 Å². The molecular formula is C13H19NO5S. The maximum absolute atomic E-state index is 12.5. The lowest BCUT2D eigenvalue weighted by molar-refractivity contribution is 0.148. The van der Waals surface area contributed by atoms with E-state index in [1.54, 1.807) is 12.1 Å². The summed E-state index contributed by atoms with van der Waals surface area (Å²) in [5, 5.41) is 8.67. The van der Waals surface area contributed by atoms with E-state index in [9.17, 15) is 8.42 Å². The van der Waals surface area contributed by atoms with E-state index in [2.05, 4.69) is 0 Å². The number of rotatable bonds is 5. The van der Waals surface area contributed by atoms with Gasteiger partial charge in [0, 0.05) is 19.7 Å². The quantitative estimate of drug-likeness (QED) is 0.855. The van der Waals surface area contributed by atoms with E-state index in [1.807, 2.05) is 0 Å². The molecule has 1 aliphatic rings. The van der Waals surface area contributed by atoms with E-state index in [1.165, 1.54) is 16.4 Å². The minimum atomic E-state index is -3.47. The summed E-state index contributed by atoms with van der Waals surface area (Å²) in [5.41, 5.74) is 0. The SMILES string of the molecule is O=S(=O)(c1ccc(OCCO)cc1)N1CCCOCC1. The van der Waals surface area contributed by atoms with Crippen molar-refractivity contribution >= 4 is 10.0 Å². The fraction of sp³-hybridized carbons (Fsp3) is 0.538. The number of nitrogens with zero attached hydrogens (tertiary/aromatic N) is 1. The fourth-order valence-electron chi connectivity index (χ4n) is 1.98. The van der Waals surface area contributed by atoms with Crippen molar-refractivity contribution in [2.45, 2.75) is 11.3 Å². The first kappa shape index (κ1) is 15.2. The van der Waals surface area contributed by atoms with Gasteiger partial charge < -0.3 is 14.6 Å². The van der Waals surface area contributed by atoms with Crippen molar-refractivity contribution in [3.05, 3.63) is 24.3 Å². The molecule has 20 heavy (non-hydrogen) atoms. The lowest BCUT2D eigenvalue weighted by Gasteiger charge is -2.19. The number of ether oxygens (including phenoxy) is 2. The van der Waals surface area contributed by atoms with Crippen LogP contribution in [0.25, 0.3) is 0 Å². The van der Waals surface area contributed by atoms with Crippen molar-refractivity contribution in [2.75, 3.05) is 39.5 Å². The molecule has 0 amide bonds. The minimum Gasteiger partial charge on any atom is -0.491 e. The molecule has 1 heterocycles. The van der Waals surface area contributed by atoms with Gasteiger partial charge in [-0.2, -0.15) is 4.31 Å². The Morgan fingerprint density at radius 2 is 1.95 bits per heavy atom. The van der Waals surface area contributed by atoms with Crippen LogP contribution >= 0.6 is 0 Å². The predicted octanol–water partition coefficient (Wildman–Crippen LogP) is 0.469. The highest BCUT2D eigenvalue weighted by Crippen LogP contribution is 2.20. The molecule has 6 nitrogen and oxygen atoms in total. The zero-order chi connectivity index (χ0) is 14.4. The van der Waals surface area contributed by atoms with Gasteiger partial charge in [0.05, 0.1) is 18.1 Å². The van der Waals surface area contributed by atoms with Gasteiger partial charge in [-0.1, -0.05) is 0 Å². The van der Waals surface area contributed by atoms with Gasteiger partial charge in [0.25, 0.3) is 0 Å². The lowest BCUT2D eigenvalue weighted by Crippen LogP contribution is -2.33. The van der Waals surface area contributed by atoms with Gasteiger partial charge >= 0.3 is 0 Å². The summed E-state index contributed by atoms with van der Waals surface area (Å²) in [4.78, 5) is 0.246. The molecule has 7 heteroatoms. The maximum atomic E-state index is 12.5. The van der Waals surface area contributed by atoms with E-state index in [0.29, 0.717) is 38.5 Å². The number of aliphatic hydroxyl groups is 1. The van der Waals surface area contributed by atoms with Crippen molar-refractivity contribution in [1.82, 2.24) is 4.31 Å². The van der Waals surface area contributed by atoms with Crippen LogP contribution in [-0.2, 0) is 14.8 Å². The summed E-state index contributed by atoms with van der Waals surface area (Å²) in [6, 6.07) is 6.23. The molecule has 1 fully saturated rings. The molecular weight excluding hydrogens is 282 g/mol. The van der Waals surface area contributed by atoms with Crippen LogP contribution in [0.4, 0.5) is 0 Å². The smallest absolute Gasteiger partial charge is 0.243 e. The van der Waals surface area contributed by atoms with Gasteiger partial charge in [-0.3, -0.25) is 0 Å². The van der Waals surface area contributed by atoms with E-state index in [0.717, 1.165) is 0 Å². The average Bonchev–Trinajstić information content (AvgIpc) is 2.75. The van der Waals surface area contributed by atoms with E-state index < -0.39 is 10.0 Å². The van der Waals surface area contributed by atoms with E-state index in [4.69, 9.17) is 14.6 Å². The molecule has 1 aromatic rings. The van der Waals surface area contributed by atoms with Crippen LogP contribution < -0.4 is 4.74 Å². The average molecular weight is 301 g/mol. The van der Waals surface area contributed by atoms with Gasteiger partial charge in [-0.25, -0.2) is 8.42 Å². The molecule has 1 aliphatic heterocycles. The molecule has 2 rings (SSSR count). The fourth-order valence-corrected chi connectivity index (χ4v) is 3.45. The highest BCUT2D eigenvalue weighted by atomic mass is 32.2. The molecule has 0 bridgehead atoms. The molecule has 112 valence electrons. The molecule has 0 saturated carbocycles. The Morgan fingerprint density at radius 1 is 1.20 bits per heavy atom. The van der Waals surface area contributed by atoms with Crippen molar-refractivity contribution in [3.63, 3.8) is 0 Å². The van der Waals surface area contributed by atoms with Crippen molar-refractivity contribution in [2.24, 2.45) is 0 Å². The molecule has 1 N–H and O–H groups in total. The molecule has 0 aromatic heterocycles. The summed E-state index contributed by atoms with van der Waals surface area (Å²) >= 11 is 0. The first-order valence-electron chi connectivity index (χ1n) is 6.56. The molecule has 0 unspecified atom stereocenters. The minimum absolute atomic E-state index is 0.0756. The van der Waals surface area contributed by atoms with Crippen LogP contribution in [0.1, 0.15) is 6.42 Å². The second-order valence-electron chi connectivity index (χ2n) is 4.41. The van der Waals surface area contributed by atoms with Gasteiger partial charge in [-0.05, 0) is 30.7 Å². The molecule has 1 saturated heterocycles. The number of hydrogen-bond acceptors (Lipinski definition) is 5. The van der Waals surface area contributed by atoms with E-state index in [-0.39, 0.29) is 18.1 Å². The Balaban J connectivity index is 2.12. The van der Waals surface area contributed by atoms with Crippen LogP contribution in [0, 0.1) is 0 Å². The summed E-state index contributed by atoms with van der Waals surface area (Å²) in [6.45, 7) is 2.00. The van der Waals surface area contributed by atoms with Gasteiger partial charge in [0.15, 0.2) is 0 Å². The van der Waals surface area contributed by atoms with Crippen LogP contribution in [-0.4, -0.2) is 57.3 Å². The van der Waals surface area contributed by atoms with Gasteiger partial charge in [0.2, 0.25) is 10.0 Å². The van der Waals surface area contributed by atoms with Crippen molar-refractivity contribution in [3.8, 4) is 5.75 Å². The van der Waals surface area contributed by atoms with Gasteiger partial charge in [0.1, 0.15) is 12.4 Å². The summed E-state index contributed by atoms with van der Waals surface area (Å²) in [5.74, 6) is 0.539. The summed E-state index contributed by atoms with van der Waals surface area (Å²) < 4.78 is 36.8. The highest BCUT2D eigenvalue weighted by molar-refractivity contribution is 7.89. The normalized spacial score (nSPS) is 17.6. The number of sulfonamides is 1. The third-order valence-electron chi connectivity index (χ3n) is 3.00. The van der Waals surface area contributed by atoms with Crippen LogP contribution in [0.2, 0.25) is 0 Å². The van der Waals surface area contributed by atoms with Crippen LogP contribution in [0.5, 0.6) is 5.75 Å². The van der Waals surface area contributed by atoms with Crippen LogP contribution in [0.15, 0.2) is 29.2 Å². The zero-order valence-corrected chi connectivity index (χ0v) is 12.0. The van der Waals surface area contributed by atoms with Gasteiger partial charge in [-0.15, -0.1) is 0 Å². The first-order chi connectivity index (χ1) is 9.64. The number of aliphatic hydroxyl groups excluding tert-OH is 1. The predicted molar refractivity (Wildman–Crippen MR) is 73.2 cm³/mol. The van der Waals surface area contributed by atoms with Crippen molar-refractivity contribution in [1.29, 1.82) is 0 Å². The maximum Gasteiger partial charge on any atom is 0.243 e. The number of hydrogen-bond donors (Lipinski definition) is 1. The molecule has 0 spiro atoms. The molecule has 1 aromatic carbocycles. The third-order valence-corrected chi connectivity index (χ3v) is 4.92. The summed E-state index contributed by atoms with van der Waals surface area (Å²) in [6.07, 6.45) is 0.705. The molecule has 0 atom stereocenters. The Hall–Kier alpha value is -1.15. The Labute approximate surface area is 119 Å².